The predicted molar refractivity (Wildman–Crippen MR) is 112 cm³/mol. The fraction of sp³-hybridized carbons (Fsp3) is 0.318. The number of methoxy groups -OCH3 is 2. The van der Waals surface area contributed by atoms with Crippen LogP contribution in [0.25, 0.3) is 0 Å². The van der Waals surface area contributed by atoms with Crippen molar-refractivity contribution in [1.29, 1.82) is 0 Å². The van der Waals surface area contributed by atoms with Crippen LogP contribution in [0.3, 0.4) is 0 Å². The molecule has 0 radical (unpaired) electrons. The molecule has 0 heterocycles. The van der Waals surface area contributed by atoms with Crippen molar-refractivity contribution in [3.05, 3.63) is 56.6 Å². The molecule has 3 rings (SSSR count). The molecule has 30 heavy (non-hydrogen) atoms. The highest BCUT2D eigenvalue weighted by Crippen LogP contribution is 2.47. The van der Waals surface area contributed by atoms with E-state index in [-0.39, 0.29) is 52.6 Å². The van der Waals surface area contributed by atoms with Gasteiger partial charge in [0.05, 0.1) is 36.4 Å². The molecule has 1 aliphatic carbocycles. The molecular formula is C22H21BrO7. The van der Waals surface area contributed by atoms with Crippen LogP contribution in [0.2, 0.25) is 0 Å². The van der Waals surface area contributed by atoms with Crippen LogP contribution in [-0.4, -0.2) is 49.1 Å². The molecule has 7 nitrogen and oxygen atoms in total. The Labute approximate surface area is 182 Å². The Bertz CT molecular complexity index is 1060. The lowest BCUT2D eigenvalue weighted by molar-refractivity contribution is -0.163. The molecule has 1 aliphatic rings. The van der Waals surface area contributed by atoms with Gasteiger partial charge in [0.2, 0.25) is 0 Å². The van der Waals surface area contributed by atoms with Crippen LogP contribution in [0.4, 0.5) is 0 Å². The first-order valence-electron chi connectivity index (χ1n) is 9.23. The van der Waals surface area contributed by atoms with Crippen LogP contribution in [0, 0.1) is 0 Å². The lowest BCUT2D eigenvalue weighted by Gasteiger charge is -2.28. The SMILES string of the molecule is CCOC(=O)C(C)(O)Cc1c(Br)c(OC)c2c(c1OC)C(=O)c1ccccc1C2=O. The van der Waals surface area contributed by atoms with Gasteiger partial charge in [-0.05, 0) is 29.8 Å². The smallest absolute Gasteiger partial charge is 0.338 e. The molecular weight excluding hydrogens is 456 g/mol. The molecule has 1 unspecified atom stereocenters. The van der Waals surface area contributed by atoms with Gasteiger partial charge in [0, 0.05) is 23.1 Å². The van der Waals surface area contributed by atoms with Gasteiger partial charge >= 0.3 is 5.97 Å². The first-order valence-corrected chi connectivity index (χ1v) is 10.0. The van der Waals surface area contributed by atoms with Crippen LogP contribution in [-0.2, 0) is 16.0 Å². The number of rotatable bonds is 6. The van der Waals surface area contributed by atoms with Gasteiger partial charge in [0.15, 0.2) is 17.2 Å². The van der Waals surface area contributed by atoms with Crippen LogP contribution in [0.5, 0.6) is 11.5 Å². The van der Waals surface area contributed by atoms with Crippen molar-refractivity contribution in [3.8, 4) is 11.5 Å². The normalized spacial score (nSPS) is 14.5. The number of fused-ring (bicyclic) bond motifs is 2. The second-order valence-corrected chi connectivity index (χ2v) is 7.78. The summed E-state index contributed by atoms with van der Waals surface area (Å²) in [5.74, 6) is -1.37. The van der Waals surface area contributed by atoms with Crippen molar-refractivity contribution in [2.75, 3.05) is 20.8 Å². The Kier molecular flexibility index (Phi) is 6.01. The van der Waals surface area contributed by atoms with Gasteiger partial charge in [-0.25, -0.2) is 4.79 Å². The first kappa shape index (κ1) is 22.0. The van der Waals surface area contributed by atoms with Gasteiger partial charge < -0.3 is 19.3 Å². The number of benzene rings is 2. The predicted octanol–water partition coefficient (Wildman–Crippen LogP) is 3.10. The maximum Gasteiger partial charge on any atom is 0.338 e. The topological polar surface area (TPSA) is 99.1 Å². The highest BCUT2D eigenvalue weighted by Gasteiger charge is 2.41. The maximum atomic E-state index is 13.3. The molecule has 2 aromatic rings. The molecule has 0 aromatic heterocycles. The summed E-state index contributed by atoms with van der Waals surface area (Å²) in [7, 11) is 2.73. The Hall–Kier alpha value is -2.71. The molecule has 0 saturated heterocycles. The van der Waals surface area contributed by atoms with Crippen molar-refractivity contribution < 1.29 is 33.7 Å². The zero-order valence-corrected chi connectivity index (χ0v) is 18.6. The molecule has 1 N–H and O–H groups in total. The van der Waals surface area contributed by atoms with Crippen molar-refractivity contribution in [2.24, 2.45) is 0 Å². The molecule has 2 aromatic carbocycles. The van der Waals surface area contributed by atoms with Crippen LogP contribution < -0.4 is 9.47 Å². The van der Waals surface area contributed by atoms with Gasteiger partial charge in [0.25, 0.3) is 0 Å². The minimum absolute atomic E-state index is 0.0379. The number of esters is 1. The largest absolute Gasteiger partial charge is 0.496 e. The van der Waals surface area contributed by atoms with E-state index in [2.05, 4.69) is 15.9 Å². The lowest BCUT2D eigenvalue weighted by Crippen LogP contribution is -2.39. The number of hydrogen-bond donors (Lipinski definition) is 1. The van der Waals surface area contributed by atoms with Crippen LogP contribution in [0.1, 0.15) is 51.3 Å². The van der Waals surface area contributed by atoms with Gasteiger partial charge in [-0.1, -0.05) is 24.3 Å². The summed E-state index contributed by atoms with van der Waals surface area (Å²) in [4.78, 5) is 38.7. The summed E-state index contributed by atoms with van der Waals surface area (Å²) < 4.78 is 16.2. The molecule has 158 valence electrons. The number of aliphatic hydroxyl groups is 1. The van der Waals surface area contributed by atoms with Gasteiger partial charge in [0.1, 0.15) is 11.5 Å². The molecule has 0 saturated carbocycles. The average Bonchev–Trinajstić information content (AvgIpc) is 2.72. The molecule has 0 fully saturated rings. The Morgan fingerprint density at radius 3 is 2.00 bits per heavy atom. The number of carbonyl (C=O) groups is 3. The van der Waals surface area contributed by atoms with Crippen molar-refractivity contribution in [1.82, 2.24) is 0 Å². The summed E-state index contributed by atoms with van der Waals surface area (Å²) in [5, 5.41) is 10.7. The molecule has 1 atom stereocenters. The van der Waals surface area contributed by atoms with Crippen LogP contribution in [0.15, 0.2) is 28.7 Å². The van der Waals surface area contributed by atoms with E-state index >= 15 is 0 Å². The first-order chi connectivity index (χ1) is 14.2. The van der Waals surface area contributed by atoms with E-state index in [1.54, 1.807) is 31.2 Å². The van der Waals surface area contributed by atoms with E-state index in [1.807, 2.05) is 0 Å². The van der Waals surface area contributed by atoms with E-state index in [9.17, 15) is 19.5 Å². The monoisotopic (exact) mass is 476 g/mol. The molecule has 0 aliphatic heterocycles. The second-order valence-electron chi connectivity index (χ2n) is 6.98. The minimum Gasteiger partial charge on any atom is -0.496 e. The van der Waals surface area contributed by atoms with E-state index < -0.39 is 17.4 Å². The third kappa shape index (κ3) is 3.40. The van der Waals surface area contributed by atoms with E-state index in [4.69, 9.17) is 14.2 Å². The van der Waals surface area contributed by atoms with Gasteiger partial charge in [-0.2, -0.15) is 0 Å². The summed E-state index contributed by atoms with van der Waals surface area (Å²) >= 11 is 3.41. The summed E-state index contributed by atoms with van der Waals surface area (Å²) in [6.07, 6.45) is -0.234. The lowest BCUT2D eigenvalue weighted by atomic mass is 9.81. The molecule has 8 heteroatoms. The molecule has 0 spiro atoms. The zero-order chi connectivity index (χ0) is 22.2. The van der Waals surface area contributed by atoms with Crippen molar-refractivity contribution >= 4 is 33.5 Å². The number of ether oxygens (including phenoxy) is 3. The maximum absolute atomic E-state index is 13.3. The second kappa shape index (κ2) is 8.20. The average molecular weight is 477 g/mol. The summed E-state index contributed by atoms with van der Waals surface area (Å²) in [6.45, 7) is 3.05. The minimum atomic E-state index is -1.90. The Balaban J connectivity index is 2.29. The third-order valence-corrected chi connectivity index (χ3v) is 5.80. The highest BCUT2D eigenvalue weighted by molar-refractivity contribution is 9.10. The standard InChI is InChI=1S/C22H21BrO7/c1-5-30-21(26)22(2,27)10-13-16(23)20(29-4)15-14(19(13)28-3)17(24)11-8-6-7-9-12(11)18(15)25/h6-9,27H,5,10H2,1-4H3. The quantitative estimate of drug-likeness (QED) is 0.545. The highest BCUT2D eigenvalue weighted by atomic mass is 79.9. The fourth-order valence-corrected chi connectivity index (χ4v) is 4.26. The van der Waals surface area contributed by atoms with Crippen LogP contribution >= 0.6 is 15.9 Å². The van der Waals surface area contributed by atoms with E-state index in [0.29, 0.717) is 10.0 Å². The molecule has 0 bridgehead atoms. The van der Waals surface area contributed by atoms with Gasteiger partial charge in [-0.15, -0.1) is 0 Å². The fourth-order valence-electron chi connectivity index (χ4n) is 3.58. The van der Waals surface area contributed by atoms with E-state index in [0.717, 1.165) is 0 Å². The summed E-state index contributed by atoms with van der Waals surface area (Å²) in [6, 6.07) is 6.50. The number of halogens is 1. The number of hydrogen-bond acceptors (Lipinski definition) is 7. The molecule has 0 amide bonds. The summed E-state index contributed by atoms with van der Waals surface area (Å²) in [5.41, 5.74) is -0.952. The van der Waals surface area contributed by atoms with Gasteiger partial charge in [-0.3, -0.25) is 9.59 Å². The Morgan fingerprint density at radius 2 is 1.53 bits per heavy atom. The van der Waals surface area contributed by atoms with Crippen molar-refractivity contribution in [3.63, 3.8) is 0 Å². The Morgan fingerprint density at radius 1 is 1.03 bits per heavy atom. The zero-order valence-electron chi connectivity index (χ0n) is 17.0. The van der Waals surface area contributed by atoms with E-state index in [1.165, 1.54) is 21.1 Å². The number of carbonyl (C=O) groups excluding carboxylic acids is 3. The third-order valence-electron chi connectivity index (χ3n) is 4.96. The van der Waals surface area contributed by atoms with Crippen molar-refractivity contribution in [2.45, 2.75) is 25.9 Å². The number of ketones is 2.